The van der Waals surface area contributed by atoms with E-state index in [4.69, 9.17) is 9.47 Å². The van der Waals surface area contributed by atoms with Gasteiger partial charge in [0.05, 0.1) is 18.6 Å². The summed E-state index contributed by atoms with van der Waals surface area (Å²) in [6, 6.07) is 7.57. The second kappa shape index (κ2) is 7.99. The lowest BCUT2D eigenvalue weighted by atomic mass is 9.93. The van der Waals surface area contributed by atoms with Crippen molar-refractivity contribution in [1.29, 1.82) is 0 Å². The molecular weight excluding hydrogens is 294 g/mol. The number of amides is 1. The quantitative estimate of drug-likeness (QED) is 0.785. The van der Waals surface area contributed by atoms with E-state index in [1.165, 1.54) is 0 Å². The van der Waals surface area contributed by atoms with Crippen LogP contribution >= 0.6 is 0 Å². The highest BCUT2D eigenvalue weighted by molar-refractivity contribution is 5.80. The van der Waals surface area contributed by atoms with E-state index in [1.54, 1.807) is 6.92 Å². The zero-order valence-electron chi connectivity index (χ0n) is 13.9. The minimum atomic E-state index is -0.473. The summed E-state index contributed by atoms with van der Waals surface area (Å²) in [5, 5.41) is 3.00. The summed E-state index contributed by atoms with van der Waals surface area (Å²) in [6.07, 6.45) is 3.87. The van der Waals surface area contributed by atoms with E-state index in [2.05, 4.69) is 5.32 Å². The minimum Gasteiger partial charge on any atom is -0.484 e. The Balaban J connectivity index is 1.89. The number of ether oxygens (including phenoxy) is 2. The number of hydrogen-bond donors (Lipinski definition) is 1. The molecule has 1 N–H and O–H groups in total. The fourth-order valence-corrected chi connectivity index (χ4v) is 3.07. The third kappa shape index (κ3) is 5.27. The molecule has 5 heteroatoms. The van der Waals surface area contributed by atoms with Crippen molar-refractivity contribution in [1.82, 2.24) is 5.32 Å². The van der Waals surface area contributed by atoms with Gasteiger partial charge in [0.25, 0.3) is 5.91 Å². The van der Waals surface area contributed by atoms with Crippen molar-refractivity contribution in [2.24, 2.45) is 0 Å². The molecule has 126 valence electrons. The molecule has 1 aliphatic carbocycles. The first kappa shape index (κ1) is 17.3. The summed E-state index contributed by atoms with van der Waals surface area (Å²) in [5.41, 5.74) is 0.608. The summed E-state index contributed by atoms with van der Waals surface area (Å²) >= 11 is 0. The Hall–Kier alpha value is -2.04. The number of rotatable bonds is 7. The molecule has 0 bridgehead atoms. The van der Waals surface area contributed by atoms with E-state index >= 15 is 0 Å². The van der Waals surface area contributed by atoms with Crippen LogP contribution in [0.25, 0.3) is 0 Å². The van der Waals surface area contributed by atoms with Gasteiger partial charge in [-0.25, -0.2) is 0 Å². The average molecular weight is 319 g/mol. The van der Waals surface area contributed by atoms with Gasteiger partial charge in [-0.05, 0) is 44.4 Å². The van der Waals surface area contributed by atoms with Crippen LogP contribution in [-0.2, 0) is 14.3 Å². The maximum atomic E-state index is 12.2. The van der Waals surface area contributed by atoms with E-state index < -0.39 is 5.54 Å². The molecule has 23 heavy (non-hydrogen) atoms. The second-order valence-electron chi connectivity index (χ2n) is 6.12. The molecule has 1 aromatic carbocycles. The van der Waals surface area contributed by atoms with Crippen LogP contribution in [0.2, 0.25) is 0 Å². The Labute approximate surface area is 137 Å². The lowest BCUT2D eigenvalue weighted by molar-refractivity contribution is -0.145. The Kier molecular flexibility index (Phi) is 6.02. The summed E-state index contributed by atoms with van der Waals surface area (Å²) in [4.78, 5) is 24.0. The standard InChI is InChI=1S/C18H25NO4/c1-3-22-17(21)12-18(9-4-5-10-18)19-16(20)13-23-15-8-6-7-14(2)11-15/h6-8,11H,3-5,9-10,12-13H2,1-2H3,(H,19,20). The topological polar surface area (TPSA) is 64.6 Å². The molecule has 0 heterocycles. The molecule has 1 fully saturated rings. The highest BCUT2D eigenvalue weighted by atomic mass is 16.5. The van der Waals surface area contributed by atoms with Crippen LogP contribution in [0, 0.1) is 6.92 Å². The number of carbonyl (C=O) groups excluding carboxylic acids is 2. The molecule has 2 rings (SSSR count). The molecule has 1 aliphatic rings. The summed E-state index contributed by atoms with van der Waals surface area (Å²) < 4.78 is 10.6. The molecule has 1 saturated carbocycles. The van der Waals surface area contributed by atoms with Crippen molar-refractivity contribution in [2.75, 3.05) is 13.2 Å². The summed E-state index contributed by atoms with van der Waals surface area (Å²) in [7, 11) is 0. The normalized spacial score (nSPS) is 15.9. The Morgan fingerprint density at radius 2 is 2.00 bits per heavy atom. The predicted molar refractivity (Wildman–Crippen MR) is 87.3 cm³/mol. The zero-order valence-corrected chi connectivity index (χ0v) is 13.9. The van der Waals surface area contributed by atoms with Crippen LogP contribution in [0.4, 0.5) is 0 Å². The number of hydrogen-bond acceptors (Lipinski definition) is 4. The summed E-state index contributed by atoms with van der Waals surface area (Å²) in [5.74, 6) is 0.220. The predicted octanol–water partition coefficient (Wildman–Crippen LogP) is 2.76. The summed E-state index contributed by atoms with van der Waals surface area (Å²) in [6.45, 7) is 4.07. The van der Waals surface area contributed by atoms with Gasteiger partial charge in [-0.3, -0.25) is 9.59 Å². The molecule has 5 nitrogen and oxygen atoms in total. The van der Waals surface area contributed by atoms with Gasteiger partial charge in [-0.1, -0.05) is 25.0 Å². The monoisotopic (exact) mass is 319 g/mol. The first-order chi connectivity index (χ1) is 11.0. The number of nitrogens with one attached hydrogen (secondary N) is 1. The first-order valence-electron chi connectivity index (χ1n) is 8.19. The van der Waals surface area contributed by atoms with Crippen LogP contribution in [0.1, 0.15) is 44.6 Å². The number of aryl methyl sites for hydroxylation is 1. The van der Waals surface area contributed by atoms with Gasteiger partial charge in [0, 0.05) is 0 Å². The average Bonchev–Trinajstić information content (AvgIpc) is 2.93. The van der Waals surface area contributed by atoms with Crippen molar-refractivity contribution >= 4 is 11.9 Å². The number of benzene rings is 1. The van der Waals surface area contributed by atoms with Gasteiger partial charge in [0.1, 0.15) is 5.75 Å². The van der Waals surface area contributed by atoms with Crippen molar-refractivity contribution in [2.45, 2.75) is 51.5 Å². The highest BCUT2D eigenvalue weighted by Gasteiger charge is 2.37. The van der Waals surface area contributed by atoms with Crippen molar-refractivity contribution in [3.8, 4) is 5.75 Å². The fraction of sp³-hybridized carbons (Fsp3) is 0.556. The fourth-order valence-electron chi connectivity index (χ4n) is 3.07. The van der Waals surface area contributed by atoms with E-state index in [0.717, 1.165) is 31.2 Å². The van der Waals surface area contributed by atoms with E-state index in [-0.39, 0.29) is 24.9 Å². The second-order valence-corrected chi connectivity index (χ2v) is 6.12. The van der Waals surface area contributed by atoms with Crippen molar-refractivity contribution in [3.05, 3.63) is 29.8 Å². The number of esters is 1. The molecular formula is C18H25NO4. The lowest BCUT2D eigenvalue weighted by Crippen LogP contribution is -2.49. The van der Waals surface area contributed by atoms with Crippen molar-refractivity contribution < 1.29 is 19.1 Å². The van der Waals surface area contributed by atoms with Crippen LogP contribution in [0.15, 0.2) is 24.3 Å². The lowest BCUT2D eigenvalue weighted by Gasteiger charge is -2.29. The molecule has 0 unspecified atom stereocenters. The molecule has 0 atom stereocenters. The highest BCUT2D eigenvalue weighted by Crippen LogP contribution is 2.33. The van der Waals surface area contributed by atoms with E-state index in [0.29, 0.717) is 12.4 Å². The largest absolute Gasteiger partial charge is 0.484 e. The van der Waals surface area contributed by atoms with Gasteiger partial charge < -0.3 is 14.8 Å². The van der Waals surface area contributed by atoms with Gasteiger partial charge in [-0.15, -0.1) is 0 Å². The molecule has 0 radical (unpaired) electrons. The van der Waals surface area contributed by atoms with Crippen LogP contribution < -0.4 is 10.1 Å². The van der Waals surface area contributed by atoms with Gasteiger partial charge in [0.2, 0.25) is 0 Å². The molecule has 0 spiro atoms. The van der Waals surface area contributed by atoms with Crippen molar-refractivity contribution in [3.63, 3.8) is 0 Å². The minimum absolute atomic E-state index is 0.0476. The molecule has 0 saturated heterocycles. The zero-order chi connectivity index (χ0) is 16.7. The Morgan fingerprint density at radius 3 is 2.65 bits per heavy atom. The van der Waals surface area contributed by atoms with Crippen LogP contribution in [0.3, 0.4) is 0 Å². The third-order valence-electron chi connectivity index (χ3n) is 4.11. The maximum absolute atomic E-state index is 12.2. The first-order valence-corrected chi connectivity index (χ1v) is 8.19. The molecule has 0 aliphatic heterocycles. The molecule has 1 aromatic rings. The Bertz CT molecular complexity index is 550. The van der Waals surface area contributed by atoms with Crippen LogP contribution in [0.5, 0.6) is 5.75 Å². The smallest absolute Gasteiger partial charge is 0.308 e. The number of carbonyl (C=O) groups is 2. The van der Waals surface area contributed by atoms with Crippen LogP contribution in [-0.4, -0.2) is 30.6 Å². The van der Waals surface area contributed by atoms with Gasteiger partial charge in [-0.2, -0.15) is 0 Å². The molecule has 0 aromatic heterocycles. The van der Waals surface area contributed by atoms with Gasteiger partial charge >= 0.3 is 5.97 Å². The maximum Gasteiger partial charge on any atom is 0.308 e. The van der Waals surface area contributed by atoms with E-state index in [9.17, 15) is 9.59 Å². The van der Waals surface area contributed by atoms with Gasteiger partial charge in [0.15, 0.2) is 6.61 Å². The Morgan fingerprint density at radius 1 is 1.26 bits per heavy atom. The third-order valence-corrected chi connectivity index (χ3v) is 4.11. The van der Waals surface area contributed by atoms with E-state index in [1.807, 2.05) is 31.2 Å². The SMILES string of the molecule is CCOC(=O)CC1(NC(=O)COc2cccc(C)c2)CCCC1. The molecule has 1 amide bonds.